The third kappa shape index (κ3) is 1.23. The summed E-state index contributed by atoms with van der Waals surface area (Å²) in [6.45, 7) is 0.877. The van der Waals surface area contributed by atoms with Crippen molar-refractivity contribution in [3.8, 4) is 11.4 Å². The summed E-state index contributed by atoms with van der Waals surface area (Å²) < 4.78 is 1.98. The highest BCUT2D eigenvalue weighted by Gasteiger charge is 2.22. The molecule has 0 saturated heterocycles. The Balaban J connectivity index is 2.20. The first-order valence-corrected chi connectivity index (χ1v) is 5.71. The van der Waals surface area contributed by atoms with Crippen molar-refractivity contribution < 1.29 is 4.79 Å². The zero-order valence-electron chi connectivity index (χ0n) is 7.93. The van der Waals surface area contributed by atoms with Crippen molar-refractivity contribution in [3.63, 3.8) is 0 Å². The fourth-order valence-electron chi connectivity index (χ4n) is 1.79. The van der Waals surface area contributed by atoms with Crippen LogP contribution in [0.5, 0.6) is 0 Å². The normalized spacial score (nSPS) is 14.1. The van der Waals surface area contributed by atoms with Crippen LogP contribution in [0.4, 0.5) is 0 Å². The third-order valence-corrected chi connectivity index (χ3v) is 3.44. The van der Waals surface area contributed by atoms with Crippen LogP contribution < -0.4 is 0 Å². The first-order chi connectivity index (χ1) is 7.40. The number of carbonyl (C=O) groups is 1. The molecule has 3 heterocycles. The predicted octanol–water partition coefficient (Wildman–Crippen LogP) is 1.80. The minimum Gasteiger partial charge on any atom is -0.360 e. The van der Waals surface area contributed by atoms with E-state index in [0.29, 0.717) is 5.69 Å². The fourth-order valence-corrected chi connectivity index (χ4v) is 2.75. The number of hydrogen-bond donors (Lipinski definition) is 1. The first kappa shape index (κ1) is 8.79. The number of nitrogens with one attached hydrogen (secondary N) is 1. The van der Waals surface area contributed by atoms with Crippen LogP contribution in [0.25, 0.3) is 11.4 Å². The second kappa shape index (κ2) is 3.27. The predicted molar refractivity (Wildman–Crippen MR) is 58.1 cm³/mol. The Bertz CT molecular complexity index is 501. The van der Waals surface area contributed by atoms with Crippen molar-refractivity contribution in [2.45, 2.75) is 11.7 Å². The van der Waals surface area contributed by atoms with Crippen molar-refractivity contribution in [2.75, 3.05) is 5.75 Å². The molecule has 0 amide bonds. The number of aldehydes is 1. The molecule has 0 unspecified atom stereocenters. The molecule has 15 heavy (non-hydrogen) atoms. The maximum absolute atomic E-state index is 11.1. The van der Waals surface area contributed by atoms with Crippen molar-refractivity contribution in [1.29, 1.82) is 0 Å². The summed E-state index contributed by atoms with van der Waals surface area (Å²) in [6.07, 6.45) is 2.72. The number of rotatable bonds is 2. The van der Waals surface area contributed by atoms with Crippen molar-refractivity contribution in [3.05, 3.63) is 24.0 Å². The van der Waals surface area contributed by atoms with E-state index in [1.165, 1.54) is 0 Å². The molecule has 0 fully saturated rings. The van der Waals surface area contributed by atoms with Gasteiger partial charge in [-0.3, -0.25) is 4.79 Å². The number of aromatic amines is 1. The zero-order valence-corrected chi connectivity index (χ0v) is 8.75. The molecule has 0 spiro atoms. The lowest BCUT2D eigenvalue weighted by molar-refractivity contribution is 0.111. The molecule has 0 aliphatic carbocycles. The Hall–Kier alpha value is -1.49. The summed E-state index contributed by atoms with van der Waals surface area (Å²) >= 11 is 1.69. The summed E-state index contributed by atoms with van der Waals surface area (Å²) in [4.78, 5) is 18.6. The van der Waals surface area contributed by atoms with Crippen LogP contribution in [0.1, 0.15) is 10.5 Å². The lowest BCUT2D eigenvalue weighted by atomic mass is 10.2. The third-order valence-electron chi connectivity index (χ3n) is 2.48. The monoisotopic (exact) mass is 219 g/mol. The molecule has 1 aliphatic rings. The number of hydrogen-bond acceptors (Lipinski definition) is 3. The minimum absolute atomic E-state index is 0.678. The lowest BCUT2D eigenvalue weighted by Gasteiger charge is -1.98. The van der Waals surface area contributed by atoms with E-state index < -0.39 is 0 Å². The van der Waals surface area contributed by atoms with Gasteiger partial charge < -0.3 is 9.55 Å². The van der Waals surface area contributed by atoms with Crippen LogP contribution in [-0.4, -0.2) is 26.6 Å². The maximum atomic E-state index is 11.1. The van der Waals surface area contributed by atoms with Crippen LogP contribution in [0.3, 0.4) is 0 Å². The molecule has 0 saturated carbocycles. The second-order valence-corrected chi connectivity index (χ2v) is 4.39. The average Bonchev–Trinajstić information content (AvgIpc) is 2.93. The lowest BCUT2D eigenvalue weighted by Crippen LogP contribution is -2.00. The molecule has 0 bridgehead atoms. The standard InChI is InChI=1S/C10H9N3OS/c14-6-8-9(7-2-1-3-11-7)12-10-13(8)4-5-15-10/h1-3,6,11H,4-5H2. The van der Waals surface area contributed by atoms with Crippen molar-refractivity contribution >= 4 is 18.0 Å². The molecule has 0 aromatic carbocycles. The largest absolute Gasteiger partial charge is 0.360 e. The van der Waals surface area contributed by atoms with E-state index in [0.717, 1.165) is 35.1 Å². The van der Waals surface area contributed by atoms with E-state index in [-0.39, 0.29) is 0 Å². The smallest absolute Gasteiger partial charge is 0.169 e. The average molecular weight is 219 g/mol. The molecular formula is C10H9N3OS. The molecule has 0 atom stereocenters. The molecule has 1 N–H and O–H groups in total. The van der Waals surface area contributed by atoms with E-state index in [1.54, 1.807) is 11.8 Å². The fraction of sp³-hybridized carbons (Fsp3) is 0.200. The summed E-state index contributed by atoms with van der Waals surface area (Å²) in [5, 5.41) is 0.946. The summed E-state index contributed by atoms with van der Waals surface area (Å²) in [6, 6.07) is 3.83. The van der Waals surface area contributed by atoms with Crippen LogP contribution in [0.2, 0.25) is 0 Å². The van der Waals surface area contributed by atoms with Crippen molar-refractivity contribution in [2.24, 2.45) is 0 Å². The zero-order chi connectivity index (χ0) is 10.3. The quantitative estimate of drug-likeness (QED) is 0.783. The molecule has 1 aliphatic heterocycles. The molecular weight excluding hydrogens is 210 g/mol. The molecule has 2 aromatic rings. The Morgan fingerprint density at radius 3 is 3.27 bits per heavy atom. The Morgan fingerprint density at radius 1 is 1.60 bits per heavy atom. The van der Waals surface area contributed by atoms with Gasteiger partial charge in [0.1, 0.15) is 11.4 Å². The van der Waals surface area contributed by atoms with Gasteiger partial charge in [0.25, 0.3) is 0 Å². The number of thioether (sulfide) groups is 1. The second-order valence-electron chi connectivity index (χ2n) is 3.33. The van der Waals surface area contributed by atoms with Gasteiger partial charge in [0, 0.05) is 18.5 Å². The number of aromatic nitrogens is 3. The highest BCUT2D eigenvalue weighted by molar-refractivity contribution is 7.99. The topological polar surface area (TPSA) is 50.7 Å². The number of carbonyl (C=O) groups excluding carboxylic acids is 1. The van der Waals surface area contributed by atoms with E-state index in [4.69, 9.17) is 0 Å². The summed E-state index contributed by atoms with van der Waals surface area (Å²) in [5.41, 5.74) is 2.34. The van der Waals surface area contributed by atoms with E-state index in [2.05, 4.69) is 9.97 Å². The van der Waals surface area contributed by atoms with Crippen LogP contribution >= 0.6 is 11.8 Å². The maximum Gasteiger partial charge on any atom is 0.169 e. The van der Waals surface area contributed by atoms with Gasteiger partial charge in [0.2, 0.25) is 0 Å². The Morgan fingerprint density at radius 2 is 2.53 bits per heavy atom. The number of nitrogens with zero attached hydrogens (tertiary/aromatic N) is 2. The highest BCUT2D eigenvalue weighted by Crippen LogP contribution is 2.31. The molecule has 5 heteroatoms. The molecule has 0 radical (unpaired) electrons. The Labute approximate surface area is 90.7 Å². The molecule has 2 aromatic heterocycles. The minimum atomic E-state index is 0.678. The van der Waals surface area contributed by atoms with E-state index in [9.17, 15) is 4.79 Å². The van der Waals surface area contributed by atoms with Gasteiger partial charge in [0.15, 0.2) is 11.4 Å². The highest BCUT2D eigenvalue weighted by atomic mass is 32.2. The van der Waals surface area contributed by atoms with Gasteiger partial charge in [0.05, 0.1) is 5.69 Å². The van der Waals surface area contributed by atoms with Crippen molar-refractivity contribution in [1.82, 2.24) is 14.5 Å². The number of imidazole rings is 1. The first-order valence-electron chi connectivity index (χ1n) is 4.72. The Kier molecular flexibility index (Phi) is 1.92. The summed E-state index contributed by atoms with van der Waals surface area (Å²) in [7, 11) is 0. The van der Waals surface area contributed by atoms with Crippen LogP contribution in [0.15, 0.2) is 23.5 Å². The number of fused-ring (bicyclic) bond motifs is 1. The molecule has 4 nitrogen and oxygen atoms in total. The van der Waals surface area contributed by atoms with Gasteiger partial charge in [-0.25, -0.2) is 4.98 Å². The molecule has 3 rings (SSSR count). The van der Waals surface area contributed by atoms with Gasteiger partial charge in [-0.2, -0.15) is 0 Å². The van der Waals surface area contributed by atoms with Gasteiger partial charge in [-0.05, 0) is 12.1 Å². The van der Waals surface area contributed by atoms with E-state index >= 15 is 0 Å². The van der Waals surface area contributed by atoms with Crippen LogP contribution in [-0.2, 0) is 6.54 Å². The van der Waals surface area contributed by atoms with Gasteiger partial charge >= 0.3 is 0 Å². The van der Waals surface area contributed by atoms with Gasteiger partial charge in [-0.15, -0.1) is 0 Å². The van der Waals surface area contributed by atoms with Crippen LogP contribution in [0, 0.1) is 0 Å². The number of H-pyrrole nitrogens is 1. The SMILES string of the molecule is O=Cc1c(-c2ccc[nH]2)nc2n1CCS2. The molecule has 76 valence electrons. The van der Waals surface area contributed by atoms with Gasteiger partial charge in [-0.1, -0.05) is 11.8 Å². The van der Waals surface area contributed by atoms with E-state index in [1.807, 2.05) is 22.9 Å². The summed E-state index contributed by atoms with van der Waals surface area (Å²) in [5.74, 6) is 1.01.